The molecule has 1 unspecified atom stereocenters. The first kappa shape index (κ1) is 15.5. The van der Waals surface area contributed by atoms with Gasteiger partial charge in [-0.2, -0.15) is 0 Å². The lowest BCUT2D eigenvalue weighted by Crippen LogP contribution is -2.36. The van der Waals surface area contributed by atoms with Gasteiger partial charge in [-0.25, -0.2) is 0 Å². The fraction of sp³-hybridized carbons (Fsp3) is 0.333. The Bertz CT molecular complexity index is 542. The topological polar surface area (TPSA) is 41.5 Å². The van der Waals surface area contributed by atoms with E-state index in [9.17, 15) is 5.11 Å². The number of hydrogen-bond acceptors (Lipinski definition) is 3. The Labute approximate surface area is 126 Å². The molecule has 2 aromatic rings. The van der Waals surface area contributed by atoms with Gasteiger partial charge in [-0.05, 0) is 25.0 Å². The largest absolute Gasteiger partial charge is 0.496 e. The zero-order valence-electron chi connectivity index (χ0n) is 12.6. The van der Waals surface area contributed by atoms with Gasteiger partial charge in [-0.3, -0.25) is 0 Å². The molecule has 0 aliphatic heterocycles. The smallest absolute Gasteiger partial charge is 0.123 e. The molecule has 3 nitrogen and oxygen atoms in total. The van der Waals surface area contributed by atoms with Crippen LogP contribution in [0.25, 0.3) is 0 Å². The summed E-state index contributed by atoms with van der Waals surface area (Å²) in [5, 5.41) is 13.1. The zero-order valence-corrected chi connectivity index (χ0v) is 12.6. The van der Waals surface area contributed by atoms with Crippen LogP contribution >= 0.6 is 0 Å². The summed E-state index contributed by atoms with van der Waals surface area (Å²) in [4.78, 5) is 0. The molecule has 2 atom stereocenters. The summed E-state index contributed by atoms with van der Waals surface area (Å²) in [6.45, 7) is 2.19. The van der Waals surface area contributed by atoms with Crippen LogP contribution in [0.3, 0.4) is 0 Å². The molecule has 0 saturated heterocycles. The van der Waals surface area contributed by atoms with Crippen LogP contribution in [0.2, 0.25) is 0 Å². The summed E-state index contributed by atoms with van der Waals surface area (Å²) in [5.74, 6) is 0.869. The van der Waals surface area contributed by atoms with E-state index in [1.54, 1.807) is 7.11 Å². The van der Waals surface area contributed by atoms with Crippen molar-refractivity contribution in [3.05, 3.63) is 65.7 Å². The normalized spacial score (nSPS) is 13.7. The highest BCUT2D eigenvalue weighted by molar-refractivity contribution is 5.35. The molecule has 2 N–H and O–H groups in total. The van der Waals surface area contributed by atoms with Crippen molar-refractivity contribution in [1.29, 1.82) is 0 Å². The van der Waals surface area contributed by atoms with Gasteiger partial charge in [0.05, 0.1) is 13.7 Å². The Kier molecular flexibility index (Phi) is 5.78. The maximum Gasteiger partial charge on any atom is 0.123 e. The predicted molar refractivity (Wildman–Crippen MR) is 85.6 cm³/mol. The third-order valence-electron chi connectivity index (χ3n) is 3.64. The Hall–Kier alpha value is -1.84. The predicted octanol–water partition coefficient (Wildman–Crippen LogP) is 2.95. The molecule has 21 heavy (non-hydrogen) atoms. The molecule has 2 rings (SSSR count). The van der Waals surface area contributed by atoms with E-state index < -0.39 is 0 Å². The number of methoxy groups -OCH3 is 1. The molecule has 0 saturated carbocycles. The molecular weight excluding hydrogens is 262 g/mol. The SMILES string of the molecule is COc1ccccc1C(C)N[C@H](CO)Cc1ccccc1. The highest BCUT2D eigenvalue weighted by Crippen LogP contribution is 2.24. The number of rotatable bonds is 7. The maximum absolute atomic E-state index is 9.62. The first-order valence-corrected chi connectivity index (χ1v) is 7.28. The van der Waals surface area contributed by atoms with Gasteiger partial charge in [0.15, 0.2) is 0 Å². The highest BCUT2D eigenvalue weighted by atomic mass is 16.5. The Morgan fingerprint density at radius 3 is 2.38 bits per heavy atom. The number of para-hydroxylation sites is 1. The number of aliphatic hydroxyl groups is 1. The van der Waals surface area contributed by atoms with Crippen LogP contribution in [0, 0.1) is 0 Å². The number of benzene rings is 2. The van der Waals surface area contributed by atoms with E-state index >= 15 is 0 Å². The van der Waals surface area contributed by atoms with E-state index in [1.165, 1.54) is 5.56 Å². The summed E-state index contributed by atoms with van der Waals surface area (Å²) in [7, 11) is 1.68. The van der Waals surface area contributed by atoms with Crippen LogP contribution < -0.4 is 10.1 Å². The average molecular weight is 285 g/mol. The van der Waals surface area contributed by atoms with E-state index in [1.807, 2.05) is 42.5 Å². The summed E-state index contributed by atoms with van der Waals surface area (Å²) in [6, 6.07) is 18.3. The van der Waals surface area contributed by atoms with Crippen LogP contribution in [0.15, 0.2) is 54.6 Å². The second-order valence-electron chi connectivity index (χ2n) is 5.20. The molecule has 0 bridgehead atoms. The van der Waals surface area contributed by atoms with E-state index in [-0.39, 0.29) is 18.7 Å². The maximum atomic E-state index is 9.62. The summed E-state index contributed by atoms with van der Waals surface area (Å²) < 4.78 is 5.40. The zero-order chi connectivity index (χ0) is 15.1. The molecule has 0 aliphatic carbocycles. The summed E-state index contributed by atoms with van der Waals surface area (Å²) in [5.41, 5.74) is 2.32. The van der Waals surface area contributed by atoms with Crippen molar-refractivity contribution in [2.45, 2.75) is 25.4 Å². The first-order chi connectivity index (χ1) is 10.2. The van der Waals surface area contributed by atoms with Crippen molar-refractivity contribution in [2.24, 2.45) is 0 Å². The molecule has 0 spiro atoms. The van der Waals surface area contributed by atoms with Gasteiger partial charge < -0.3 is 15.2 Å². The lowest BCUT2D eigenvalue weighted by molar-refractivity contribution is 0.232. The second-order valence-corrected chi connectivity index (χ2v) is 5.20. The van der Waals surface area contributed by atoms with E-state index in [2.05, 4.69) is 24.4 Å². The van der Waals surface area contributed by atoms with Crippen molar-refractivity contribution in [1.82, 2.24) is 5.32 Å². The molecule has 0 aromatic heterocycles. The molecule has 2 aromatic carbocycles. The quantitative estimate of drug-likeness (QED) is 0.822. The minimum absolute atomic E-state index is 0.0207. The van der Waals surface area contributed by atoms with Crippen molar-refractivity contribution in [3.63, 3.8) is 0 Å². The minimum atomic E-state index is 0.0207. The molecule has 0 aliphatic rings. The standard InChI is InChI=1S/C18H23NO2/c1-14(17-10-6-7-11-18(17)21-2)19-16(13-20)12-15-8-4-3-5-9-15/h3-11,14,16,19-20H,12-13H2,1-2H3/t14?,16-/m0/s1. The average Bonchev–Trinajstić information content (AvgIpc) is 2.55. The highest BCUT2D eigenvalue weighted by Gasteiger charge is 2.15. The van der Waals surface area contributed by atoms with Gasteiger partial charge in [0.25, 0.3) is 0 Å². The van der Waals surface area contributed by atoms with Gasteiger partial charge in [0.1, 0.15) is 5.75 Å². The fourth-order valence-electron chi connectivity index (χ4n) is 2.54. The Morgan fingerprint density at radius 2 is 1.71 bits per heavy atom. The first-order valence-electron chi connectivity index (χ1n) is 7.28. The number of aliphatic hydroxyl groups excluding tert-OH is 1. The summed E-state index contributed by atoms with van der Waals surface area (Å²) >= 11 is 0. The number of ether oxygens (including phenoxy) is 1. The summed E-state index contributed by atoms with van der Waals surface area (Å²) in [6.07, 6.45) is 0.802. The lowest BCUT2D eigenvalue weighted by Gasteiger charge is -2.23. The molecule has 0 heterocycles. The molecular formula is C18H23NO2. The number of hydrogen-bond donors (Lipinski definition) is 2. The van der Waals surface area contributed by atoms with Crippen molar-refractivity contribution in [3.8, 4) is 5.75 Å². The Balaban J connectivity index is 2.04. The second kappa shape index (κ2) is 7.81. The van der Waals surface area contributed by atoms with Gasteiger partial charge in [-0.15, -0.1) is 0 Å². The minimum Gasteiger partial charge on any atom is -0.496 e. The van der Waals surface area contributed by atoms with Crippen LogP contribution in [0.5, 0.6) is 5.75 Å². The third-order valence-corrected chi connectivity index (χ3v) is 3.64. The van der Waals surface area contributed by atoms with E-state index in [4.69, 9.17) is 4.74 Å². The fourth-order valence-corrected chi connectivity index (χ4v) is 2.54. The van der Waals surface area contributed by atoms with Crippen LogP contribution in [-0.4, -0.2) is 24.9 Å². The molecule has 112 valence electrons. The van der Waals surface area contributed by atoms with Crippen molar-refractivity contribution < 1.29 is 9.84 Å². The van der Waals surface area contributed by atoms with Crippen LogP contribution in [-0.2, 0) is 6.42 Å². The third kappa shape index (κ3) is 4.31. The lowest BCUT2D eigenvalue weighted by atomic mass is 10.0. The van der Waals surface area contributed by atoms with Gasteiger partial charge in [0.2, 0.25) is 0 Å². The van der Waals surface area contributed by atoms with Crippen LogP contribution in [0.1, 0.15) is 24.1 Å². The molecule has 0 radical (unpaired) electrons. The monoisotopic (exact) mass is 285 g/mol. The van der Waals surface area contributed by atoms with E-state index in [0.717, 1.165) is 17.7 Å². The molecule has 3 heteroatoms. The number of nitrogens with one attached hydrogen (secondary N) is 1. The van der Waals surface area contributed by atoms with Crippen LogP contribution in [0.4, 0.5) is 0 Å². The van der Waals surface area contributed by atoms with Crippen molar-refractivity contribution in [2.75, 3.05) is 13.7 Å². The van der Waals surface area contributed by atoms with E-state index in [0.29, 0.717) is 0 Å². The molecule has 0 amide bonds. The Morgan fingerprint density at radius 1 is 1.05 bits per heavy atom. The van der Waals surface area contributed by atoms with Gasteiger partial charge >= 0.3 is 0 Å². The van der Waals surface area contributed by atoms with Crippen molar-refractivity contribution >= 4 is 0 Å². The van der Waals surface area contributed by atoms with Gasteiger partial charge in [0, 0.05) is 17.6 Å². The van der Waals surface area contributed by atoms with Gasteiger partial charge in [-0.1, -0.05) is 48.5 Å². The molecule has 0 fully saturated rings.